The van der Waals surface area contributed by atoms with Crippen LogP contribution in [0.1, 0.15) is 42.4 Å². The zero-order valence-electron chi connectivity index (χ0n) is 23.0. The van der Waals surface area contributed by atoms with Crippen molar-refractivity contribution < 1.29 is 4.74 Å². The Morgan fingerprint density at radius 1 is 0.825 bits per heavy atom. The molecule has 7 nitrogen and oxygen atoms in total. The van der Waals surface area contributed by atoms with Gasteiger partial charge in [0.2, 0.25) is 0 Å². The Morgan fingerprint density at radius 2 is 1.65 bits per heavy atom. The van der Waals surface area contributed by atoms with Crippen molar-refractivity contribution in [2.45, 2.75) is 63.6 Å². The van der Waals surface area contributed by atoms with E-state index in [0.29, 0.717) is 18.2 Å². The van der Waals surface area contributed by atoms with Gasteiger partial charge in [0.15, 0.2) is 5.65 Å². The van der Waals surface area contributed by atoms with Crippen LogP contribution in [0.5, 0.6) is 0 Å². The summed E-state index contributed by atoms with van der Waals surface area (Å²) in [4.78, 5) is 14.0. The summed E-state index contributed by atoms with van der Waals surface area (Å²) in [6, 6.07) is 18.4. The molecule has 1 saturated carbocycles. The molecular weight excluding hydrogens is 496 g/mol. The van der Waals surface area contributed by atoms with E-state index >= 15 is 0 Å². The molecule has 0 radical (unpaired) electrons. The normalized spacial score (nSPS) is 20.6. The Balaban J connectivity index is 1.12. The number of aryl methyl sites for hydroxylation is 3. The zero-order valence-corrected chi connectivity index (χ0v) is 23.0. The van der Waals surface area contributed by atoms with Crippen molar-refractivity contribution in [3.05, 3.63) is 83.8 Å². The lowest BCUT2D eigenvalue weighted by atomic mass is 9.88. The first-order chi connectivity index (χ1) is 19.6. The van der Waals surface area contributed by atoms with Crippen LogP contribution in [-0.2, 0) is 17.6 Å². The van der Waals surface area contributed by atoms with Crippen molar-refractivity contribution in [2.75, 3.05) is 7.11 Å². The molecule has 0 bridgehead atoms. The highest BCUT2D eigenvalue weighted by Gasteiger charge is 2.31. The fourth-order valence-corrected chi connectivity index (χ4v) is 6.20. The van der Waals surface area contributed by atoms with Gasteiger partial charge in [0.1, 0.15) is 5.69 Å². The smallest absolute Gasteiger partial charge is 0.155 e. The summed E-state index contributed by atoms with van der Waals surface area (Å²) >= 11 is 0. The van der Waals surface area contributed by atoms with E-state index in [0.717, 1.165) is 70.5 Å². The van der Waals surface area contributed by atoms with Gasteiger partial charge in [0, 0.05) is 54.3 Å². The number of hydrogen-bond acceptors (Lipinski definition) is 6. The van der Waals surface area contributed by atoms with Gasteiger partial charge >= 0.3 is 0 Å². The average molecular weight is 531 g/mol. The van der Waals surface area contributed by atoms with Crippen molar-refractivity contribution in [3.63, 3.8) is 0 Å². The number of ether oxygens (including phenoxy) is 1. The summed E-state index contributed by atoms with van der Waals surface area (Å²) in [6.07, 6.45) is 12.9. The van der Waals surface area contributed by atoms with Crippen LogP contribution in [0.4, 0.5) is 0 Å². The zero-order chi connectivity index (χ0) is 27.1. The first kappa shape index (κ1) is 25.1. The minimum Gasteiger partial charge on any atom is -0.381 e. The molecule has 1 aromatic carbocycles. The van der Waals surface area contributed by atoms with Gasteiger partial charge in [0.05, 0.1) is 17.5 Å². The van der Waals surface area contributed by atoms with Gasteiger partial charge in [-0.3, -0.25) is 15.1 Å². The maximum atomic E-state index is 5.46. The highest BCUT2D eigenvalue weighted by Crippen LogP contribution is 2.32. The molecule has 0 unspecified atom stereocenters. The molecule has 2 aliphatic rings. The Kier molecular flexibility index (Phi) is 6.61. The number of benzene rings is 1. The van der Waals surface area contributed by atoms with E-state index in [1.165, 1.54) is 29.5 Å². The van der Waals surface area contributed by atoms with Crippen LogP contribution in [0.25, 0.3) is 44.8 Å². The molecule has 40 heavy (non-hydrogen) atoms. The molecule has 5 aromatic rings. The highest BCUT2D eigenvalue weighted by atomic mass is 16.5. The van der Waals surface area contributed by atoms with Crippen LogP contribution >= 0.6 is 0 Å². The molecular formula is C33H34N6O. The maximum absolute atomic E-state index is 5.46. The number of H-pyrrole nitrogens is 1. The fraction of sp³-hybridized carbons (Fsp3) is 0.333. The van der Waals surface area contributed by atoms with Gasteiger partial charge < -0.3 is 10.1 Å². The summed E-state index contributed by atoms with van der Waals surface area (Å²) in [5.74, 6) is 0. The topological polar surface area (TPSA) is 88.6 Å². The van der Waals surface area contributed by atoms with E-state index in [9.17, 15) is 0 Å². The second-order valence-corrected chi connectivity index (χ2v) is 11.2. The van der Waals surface area contributed by atoms with E-state index in [2.05, 4.69) is 63.8 Å². The quantitative estimate of drug-likeness (QED) is 0.259. The van der Waals surface area contributed by atoms with Gasteiger partial charge in [-0.25, -0.2) is 4.98 Å². The highest BCUT2D eigenvalue weighted by molar-refractivity contribution is 5.92. The number of pyridine rings is 3. The lowest BCUT2D eigenvalue weighted by molar-refractivity contribution is 0.0137. The first-order valence-corrected chi connectivity index (χ1v) is 14.3. The van der Waals surface area contributed by atoms with Crippen LogP contribution in [-0.4, -0.2) is 50.4 Å². The average Bonchev–Trinajstić information content (AvgIpc) is 3.29. The van der Waals surface area contributed by atoms with Crippen LogP contribution in [0.15, 0.2) is 67.1 Å². The van der Waals surface area contributed by atoms with Crippen molar-refractivity contribution in [3.8, 4) is 33.8 Å². The van der Waals surface area contributed by atoms with E-state index in [1.54, 1.807) is 0 Å². The third-order valence-corrected chi connectivity index (χ3v) is 8.67. The first-order valence-electron chi connectivity index (χ1n) is 14.3. The van der Waals surface area contributed by atoms with Crippen LogP contribution in [0.2, 0.25) is 0 Å². The molecule has 0 spiro atoms. The number of hydrogen-bond donors (Lipinski definition) is 2. The Hall–Kier alpha value is -3.94. The number of aromatic nitrogens is 5. The second-order valence-electron chi connectivity index (χ2n) is 11.2. The van der Waals surface area contributed by atoms with Crippen molar-refractivity contribution in [1.82, 2.24) is 30.5 Å². The van der Waals surface area contributed by atoms with E-state index < -0.39 is 0 Å². The monoisotopic (exact) mass is 530 g/mol. The molecule has 7 heteroatoms. The molecule has 0 aliphatic heterocycles. The Bertz CT molecular complexity index is 1650. The molecule has 7 rings (SSSR count). The van der Waals surface area contributed by atoms with E-state index in [1.807, 2.05) is 37.8 Å². The van der Waals surface area contributed by atoms with E-state index in [4.69, 9.17) is 14.7 Å². The number of nitrogens with zero attached hydrogens (tertiary/aromatic N) is 4. The largest absolute Gasteiger partial charge is 0.381 e. The van der Waals surface area contributed by atoms with Crippen LogP contribution in [0.3, 0.4) is 0 Å². The van der Waals surface area contributed by atoms with Crippen molar-refractivity contribution in [2.24, 2.45) is 0 Å². The molecule has 1 fully saturated rings. The lowest BCUT2D eigenvalue weighted by Gasteiger charge is -2.37. The van der Waals surface area contributed by atoms with Gasteiger partial charge in [-0.1, -0.05) is 24.3 Å². The molecule has 1 atom stereocenters. The number of aromatic amines is 1. The minimum atomic E-state index is 0.440. The lowest BCUT2D eigenvalue weighted by Crippen LogP contribution is -2.49. The Labute approximate surface area is 234 Å². The SMILES string of the molecule is CO[C@H]1C[C@@H](N[C@H]2CCc3ccc(-c4cnc5[nH]nc(-c6ccc(-c7ncccc7C)cn6)c5c4)cc3CC2)C1. The Morgan fingerprint density at radius 3 is 2.45 bits per heavy atom. The molecule has 0 amide bonds. The maximum Gasteiger partial charge on any atom is 0.155 e. The van der Waals surface area contributed by atoms with Crippen LogP contribution < -0.4 is 5.32 Å². The van der Waals surface area contributed by atoms with Crippen molar-refractivity contribution >= 4 is 11.0 Å². The molecule has 2 N–H and O–H groups in total. The molecule has 4 aromatic heterocycles. The number of methoxy groups -OCH3 is 1. The number of nitrogens with one attached hydrogen (secondary N) is 2. The molecule has 0 saturated heterocycles. The second kappa shape index (κ2) is 10.6. The number of fused-ring (bicyclic) bond motifs is 2. The van der Waals surface area contributed by atoms with Gasteiger partial charge in [0.25, 0.3) is 0 Å². The fourth-order valence-electron chi connectivity index (χ4n) is 6.20. The predicted molar refractivity (Wildman–Crippen MR) is 158 cm³/mol. The van der Waals surface area contributed by atoms with Gasteiger partial charge in [-0.05, 0) is 92.0 Å². The summed E-state index contributed by atoms with van der Waals surface area (Å²) < 4.78 is 5.46. The third-order valence-electron chi connectivity index (χ3n) is 8.67. The van der Waals surface area contributed by atoms with Gasteiger partial charge in [-0.15, -0.1) is 0 Å². The molecule has 4 heterocycles. The number of rotatable bonds is 6. The predicted octanol–water partition coefficient (Wildman–Crippen LogP) is 6.07. The summed E-state index contributed by atoms with van der Waals surface area (Å²) in [5.41, 5.74) is 10.7. The summed E-state index contributed by atoms with van der Waals surface area (Å²) in [6.45, 7) is 2.06. The summed E-state index contributed by atoms with van der Waals surface area (Å²) in [5, 5.41) is 12.5. The van der Waals surface area contributed by atoms with E-state index in [-0.39, 0.29) is 0 Å². The summed E-state index contributed by atoms with van der Waals surface area (Å²) in [7, 11) is 1.82. The van der Waals surface area contributed by atoms with Crippen molar-refractivity contribution in [1.29, 1.82) is 0 Å². The minimum absolute atomic E-state index is 0.440. The van der Waals surface area contributed by atoms with Gasteiger partial charge in [-0.2, -0.15) is 5.10 Å². The molecule has 2 aliphatic carbocycles. The standard InChI is InChI=1S/C33H34N6O/c1-20-4-3-13-34-31(20)24-9-12-30(35-18-24)32-29-15-25(19-36-33(29)39-38-32)23-6-5-21-7-10-26(11-8-22(21)14-23)37-27-16-28(17-27)40-2/h3-6,9,12-15,18-19,26-28,37H,7-8,10-11,16-17H2,1-2H3,(H,36,38,39)/t26-,27-,28+/m0/s1. The third kappa shape index (κ3) is 4.80. The molecule has 202 valence electrons. The van der Waals surface area contributed by atoms with Crippen LogP contribution in [0, 0.1) is 6.92 Å².